The van der Waals surface area contributed by atoms with Crippen molar-refractivity contribution in [2.45, 2.75) is 59.1 Å². The van der Waals surface area contributed by atoms with E-state index in [4.69, 9.17) is 9.47 Å². The molecule has 0 aliphatic rings. The Morgan fingerprint density at radius 1 is 1.11 bits per heavy atom. The molecule has 0 atom stereocenters. The van der Waals surface area contributed by atoms with Crippen molar-refractivity contribution in [3.05, 3.63) is 40.3 Å². The van der Waals surface area contributed by atoms with Gasteiger partial charge in [0.2, 0.25) is 0 Å². The van der Waals surface area contributed by atoms with E-state index in [2.05, 4.69) is 12.0 Å². The molecule has 146 valence electrons. The summed E-state index contributed by atoms with van der Waals surface area (Å²) in [6.07, 6.45) is 2.75. The number of hydrogen-bond acceptors (Lipinski definition) is 6. The van der Waals surface area contributed by atoms with Crippen molar-refractivity contribution in [3.8, 4) is 0 Å². The molecule has 7 nitrogen and oxygen atoms in total. The minimum Gasteiger partial charge on any atom is -0.457 e. The van der Waals surface area contributed by atoms with Crippen molar-refractivity contribution in [1.82, 2.24) is 9.78 Å². The zero-order valence-corrected chi connectivity index (χ0v) is 16.3. The van der Waals surface area contributed by atoms with Gasteiger partial charge in [-0.2, -0.15) is 5.10 Å². The Kier molecular flexibility index (Phi) is 6.71. The molecule has 0 radical (unpaired) electrons. The summed E-state index contributed by atoms with van der Waals surface area (Å²) < 4.78 is 11.5. The highest BCUT2D eigenvalue weighted by atomic mass is 16.6. The minimum absolute atomic E-state index is 0.0188. The van der Waals surface area contributed by atoms with E-state index in [0.29, 0.717) is 17.3 Å². The number of fused-ring (bicyclic) bond motifs is 1. The molecular weight excluding hydrogens is 348 g/mol. The fourth-order valence-electron chi connectivity index (χ4n) is 2.61. The van der Waals surface area contributed by atoms with Crippen molar-refractivity contribution in [2.24, 2.45) is 0 Å². The fourth-order valence-corrected chi connectivity index (χ4v) is 2.61. The van der Waals surface area contributed by atoms with Crippen LogP contribution in [0.1, 0.15) is 57.4 Å². The number of aryl methyl sites for hydroxylation is 1. The predicted octanol–water partition coefficient (Wildman–Crippen LogP) is 3.09. The van der Waals surface area contributed by atoms with Crippen LogP contribution < -0.4 is 5.56 Å². The summed E-state index contributed by atoms with van der Waals surface area (Å²) in [5.41, 5.74) is -0.892. The van der Waals surface area contributed by atoms with Crippen molar-refractivity contribution < 1.29 is 19.1 Å². The van der Waals surface area contributed by atoms with E-state index in [1.807, 2.05) is 0 Å². The molecule has 0 fully saturated rings. The smallest absolute Gasteiger partial charge is 0.360 e. The van der Waals surface area contributed by atoms with Gasteiger partial charge in [-0.3, -0.25) is 4.79 Å². The molecule has 0 amide bonds. The normalized spacial score (nSPS) is 11.4. The predicted molar refractivity (Wildman–Crippen MR) is 102 cm³/mol. The Morgan fingerprint density at radius 3 is 2.41 bits per heavy atom. The molecule has 0 unspecified atom stereocenters. The zero-order valence-electron chi connectivity index (χ0n) is 16.3. The quantitative estimate of drug-likeness (QED) is 0.547. The van der Waals surface area contributed by atoms with Crippen LogP contribution in [0.5, 0.6) is 0 Å². The molecule has 0 bridgehead atoms. The van der Waals surface area contributed by atoms with Crippen LogP contribution in [0.3, 0.4) is 0 Å². The van der Waals surface area contributed by atoms with E-state index in [1.165, 1.54) is 4.68 Å². The lowest BCUT2D eigenvalue weighted by Gasteiger charge is -2.19. The molecule has 27 heavy (non-hydrogen) atoms. The number of hydrogen-bond donors (Lipinski definition) is 0. The Balaban J connectivity index is 2.27. The van der Waals surface area contributed by atoms with E-state index in [1.54, 1.807) is 45.0 Å². The lowest BCUT2D eigenvalue weighted by atomic mass is 10.1. The molecule has 7 heteroatoms. The molecule has 1 aromatic carbocycles. The van der Waals surface area contributed by atoms with Crippen LogP contribution in [0.25, 0.3) is 10.8 Å². The van der Waals surface area contributed by atoms with Gasteiger partial charge in [-0.25, -0.2) is 14.3 Å². The lowest BCUT2D eigenvalue weighted by molar-refractivity contribution is -0.158. The highest BCUT2D eigenvalue weighted by Crippen LogP contribution is 2.15. The topological polar surface area (TPSA) is 87.5 Å². The first-order valence-corrected chi connectivity index (χ1v) is 9.11. The number of nitrogens with zero attached hydrogens (tertiary/aromatic N) is 2. The van der Waals surface area contributed by atoms with Crippen molar-refractivity contribution >= 4 is 22.7 Å². The summed E-state index contributed by atoms with van der Waals surface area (Å²) in [6.45, 7) is 7.16. The number of carbonyl (C=O) groups is 2. The van der Waals surface area contributed by atoms with Crippen molar-refractivity contribution in [2.75, 3.05) is 6.61 Å². The maximum atomic E-state index is 12.6. The monoisotopic (exact) mass is 374 g/mol. The summed E-state index contributed by atoms with van der Waals surface area (Å²) in [5, 5.41) is 5.00. The molecule has 0 aliphatic heterocycles. The average molecular weight is 374 g/mol. The maximum Gasteiger partial charge on any atom is 0.360 e. The van der Waals surface area contributed by atoms with Crippen LogP contribution in [0.4, 0.5) is 0 Å². The molecule has 0 N–H and O–H groups in total. The number of esters is 2. The number of rotatable bonds is 7. The van der Waals surface area contributed by atoms with Gasteiger partial charge in [-0.1, -0.05) is 38.0 Å². The van der Waals surface area contributed by atoms with Gasteiger partial charge < -0.3 is 9.47 Å². The van der Waals surface area contributed by atoms with Crippen LogP contribution >= 0.6 is 0 Å². The van der Waals surface area contributed by atoms with E-state index in [0.717, 1.165) is 19.3 Å². The summed E-state index contributed by atoms with van der Waals surface area (Å²) in [7, 11) is 0. The van der Waals surface area contributed by atoms with Crippen LogP contribution in [0.15, 0.2) is 29.1 Å². The van der Waals surface area contributed by atoms with E-state index in [9.17, 15) is 14.4 Å². The summed E-state index contributed by atoms with van der Waals surface area (Å²) in [4.78, 5) is 36.9. The van der Waals surface area contributed by atoms with Gasteiger partial charge in [0.05, 0.1) is 5.39 Å². The first-order chi connectivity index (χ1) is 12.7. The second-order valence-electron chi connectivity index (χ2n) is 7.29. The standard InChI is InChI=1S/C20H26N2O5/c1-5-6-9-12-22-18(24)15-11-8-7-10-14(15)17(21-22)19(25)26-13-16(23)27-20(2,3)4/h7-8,10-11H,5-6,9,12-13H2,1-4H3. The molecule has 1 heterocycles. The van der Waals surface area contributed by atoms with Crippen molar-refractivity contribution in [3.63, 3.8) is 0 Å². The number of unbranched alkanes of at least 4 members (excludes halogenated alkanes) is 2. The SMILES string of the molecule is CCCCCn1nc(C(=O)OCC(=O)OC(C)(C)C)c2ccccc2c1=O. The maximum absolute atomic E-state index is 12.6. The largest absolute Gasteiger partial charge is 0.457 e. The highest BCUT2D eigenvalue weighted by molar-refractivity contribution is 6.02. The van der Waals surface area contributed by atoms with E-state index < -0.39 is 24.1 Å². The van der Waals surface area contributed by atoms with Gasteiger partial charge in [0, 0.05) is 11.9 Å². The van der Waals surface area contributed by atoms with Gasteiger partial charge in [-0.15, -0.1) is 0 Å². The fraction of sp³-hybridized carbons (Fsp3) is 0.500. The first kappa shape index (κ1) is 20.6. The number of aromatic nitrogens is 2. The Labute approximate surface area is 158 Å². The van der Waals surface area contributed by atoms with Gasteiger partial charge in [-0.05, 0) is 33.3 Å². The van der Waals surface area contributed by atoms with Crippen LogP contribution in [-0.4, -0.2) is 33.9 Å². The van der Waals surface area contributed by atoms with Gasteiger partial charge in [0.25, 0.3) is 5.56 Å². The second-order valence-corrected chi connectivity index (χ2v) is 7.29. The third kappa shape index (κ3) is 5.64. The Hall–Kier alpha value is -2.70. The van der Waals surface area contributed by atoms with Crippen LogP contribution in [0, 0.1) is 0 Å². The minimum atomic E-state index is -0.763. The molecule has 2 aromatic rings. The number of carbonyl (C=O) groups excluding carboxylic acids is 2. The van der Waals surface area contributed by atoms with Gasteiger partial charge >= 0.3 is 11.9 Å². The summed E-state index contributed by atoms with van der Waals surface area (Å²) >= 11 is 0. The molecule has 0 aliphatic carbocycles. The lowest BCUT2D eigenvalue weighted by Crippen LogP contribution is -2.29. The molecule has 2 rings (SSSR count). The molecule has 1 aromatic heterocycles. The Morgan fingerprint density at radius 2 is 1.78 bits per heavy atom. The summed E-state index contributed by atoms with van der Waals surface area (Å²) in [6, 6.07) is 6.75. The van der Waals surface area contributed by atoms with E-state index in [-0.39, 0.29) is 11.3 Å². The molecule has 0 saturated heterocycles. The highest BCUT2D eigenvalue weighted by Gasteiger charge is 2.21. The second kappa shape index (κ2) is 8.79. The van der Waals surface area contributed by atoms with Crippen LogP contribution in [0.2, 0.25) is 0 Å². The average Bonchev–Trinajstić information content (AvgIpc) is 2.60. The van der Waals surface area contributed by atoms with Gasteiger partial charge in [0.15, 0.2) is 12.3 Å². The van der Waals surface area contributed by atoms with Crippen LogP contribution in [-0.2, 0) is 20.8 Å². The number of benzene rings is 1. The molecule has 0 spiro atoms. The molecular formula is C20H26N2O5. The van der Waals surface area contributed by atoms with Crippen molar-refractivity contribution in [1.29, 1.82) is 0 Å². The molecule has 0 saturated carbocycles. The number of ether oxygens (including phenoxy) is 2. The zero-order chi connectivity index (χ0) is 20.0. The third-order valence-corrected chi connectivity index (χ3v) is 3.78. The Bertz CT molecular complexity index is 880. The van der Waals surface area contributed by atoms with E-state index >= 15 is 0 Å². The first-order valence-electron chi connectivity index (χ1n) is 9.11. The third-order valence-electron chi connectivity index (χ3n) is 3.78. The summed E-state index contributed by atoms with van der Waals surface area (Å²) in [5.74, 6) is -1.40. The van der Waals surface area contributed by atoms with Gasteiger partial charge in [0.1, 0.15) is 5.60 Å².